The largest absolute Gasteiger partial charge is 0.325 e. The predicted octanol–water partition coefficient (Wildman–Crippen LogP) is 1.98. The molecule has 2 aliphatic rings. The van der Waals surface area contributed by atoms with E-state index in [9.17, 15) is 9.59 Å². The number of rotatable bonds is 2. The second kappa shape index (κ2) is 6.93. The van der Waals surface area contributed by atoms with Crippen molar-refractivity contribution < 1.29 is 9.59 Å². The van der Waals surface area contributed by atoms with Crippen molar-refractivity contribution in [2.45, 2.75) is 25.2 Å². The molecule has 1 aromatic rings. The van der Waals surface area contributed by atoms with E-state index in [2.05, 4.69) is 11.9 Å². The van der Waals surface area contributed by atoms with E-state index in [1.807, 2.05) is 40.1 Å². The van der Waals surface area contributed by atoms with Gasteiger partial charge in [0.2, 0.25) is 0 Å². The zero-order chi connectivity index (χ0) is 17.2. The summed E-state index contributed by atoms with van der Waals surface area (Å²) in [6, 6.07) is 10.2. The van der Waals surface area contributed by atoms with Crippen LogP contribution in [0.15, 0.2) is 30.3 Å². The lowest BCUT2D eigenvalue weighted by molar-refractivity contribution is -0.124. The summed E-state index contributed by atoms with van der Waals surface area (Å²) in [6.07, 6.45) is 1.43. The molecule has 0 spiro atoms. The topological polar surface area (TPSA) is 43.9 Å². The number of carbonyl (C=O) groups is 2. The molecule has 0 radical (unpaired) electrons. The molecule has 0 bridgehead atoms. The van der Waals surface area contributed by atoms with E-state index >= 15 is 0 Å². The number of piperazine rings is 1. The quantitative estimate of drug-likeness (QED) is 0.833. The van der Waals surface area contributed by atoms with Gasteiger partial charge < -0.3 is 14.7 Å². The molecule has 2 amide bonds. The van der Waals surface area contributed by atoms with E-state index in [-0.39, 0.29) is 11.8 Å². The molecule has 2 fully saturated rings. The summed E-state index contributed by atoms with van der Waals surface area (Å²) in [4.78, 5) is 31.3. The average molecular weight is 329 g/mol. The minimum absolute atomic E-state index is 0.133. The summed E-state index contributed by atoms with van der Waals surface area (Å²) in [5.41, 5.74) is 0.657. The third-order valence-electron chi connectivity index (χ3n) is 5.66. The number of urea groups is 1. The number of carbonyl (C=O) groups excluding carboxylic acids is 2. The molecular formula is C19H27N3O2. The Bertz CT molecular complexity index is 586. The number of likely N-dealkylation sites (N-methyl/N-ethyl adjacent to an activating group) is 1. The smallest absolute Gasteiger partial charge is 0.320 e. The second-order valence-electron chi connectivity index (χ2n) is 7.06. The number of hydrogen-bond acceptors (Lipinski definition) is 3. The standard InChI is InChI=1S/C19H27N3O2/c1-16(23)19(17-6-4-3-5-7-17)8-10-21(11-9-19)18(24)22-14-12-20(2)13-15-22/h3-7H,8-15H2,1-2H3. The van der Waals surface area contributed by atoms with Crippen molar-refractivity contribution in [1.82, 2.24) is 14.7 Å². The van der Waals surface area contributed by atoms with Gasteiger partial charge in [0.15, 0.2) is 0 Å². The zero-order valence-corrected chi connectivity index (χ0v) is 14.7. The van der Waals surface area contributed by atoms with Crippen molar-refractivity contribution in [2.24, 2.45) is 0 Å². The highest BCUT2D eigenvalue weighted by molar-refractivity contribution is 5.88. The number of likely N-dealkylation sites (tertiary alicyclic amines) is 1. The summed E-state index contributed by atoms with van der Waals surface area (Å²) >= 11 is 0. The van der Waals surface area contributed by atoms with E-state index in [1.165, 1.54) is 0 Å². The van der Waals surface area contributed by atoms with E-state index in [0.29, 0.717) is 25.9 Å². The first-order valence-electron chi connectivity index (χ1n) is 8.82. The molecular weight excluding hydrogens is 302 g/mol. The highest BCUT2D eigenvalue weighted by atomic mass is 16.2. The van der Waals surface area contributed by atoms with Crippen LogP contribution in [0.2, 0.25) is 0 Å². The average Bonchev–Trinajstić information content (AvgIpc) is 2.62. The molecule has 2 aliphatic heterocycles. The molecule has 0 N–H and O–H groups in total. The third kappa shape index (κ3) is 3.18. The van der Waals surface area contributed by atoms with Gasteiger partial charge in [-0.1, -0.05) is 30.3 Å². The Balaban J connectivity index is 1.68. The van der Waals surface area contributed by atoms with Crippen molar-refractivity contribution in [1.29, 1.82) is 0 Å². The fraction of sp³-hybridized carbons (Fsp3) is 0.579. The lowest BCUT2D eigenvalue weighted by atomic mass is 9.70. The molecule has 0 unspecified atom stereocenters. The Morgan fingerprint density at radius 2 is 1.42 bits per heavy atom. The van der Waals surface area contributed by atoms with E-state index in [0.717, 1.165) is 31.7 Å². The van der Waals surface area contributed by atoms with Crippen LogP contribution in [0.1, 0.15) is 25.3 Å². The molecule has 3 rings (SSSR count). The van der Waals surface area contributed by atoms with Gasteiger partial charge in [0, 0.05) is 39.3 Å². The molecule has 2 heterocycles. The number of piperidine rings is 1. The van der Waals surface area contributed by atoms with Crippen LogP contribution in [-0.2, 0) is 10.2 Å². The number of Topliss-reactive ketones (excluding diaryl/α,β-unsaturated/α-hetero) is 1. The van der Waals surface area contributed by atoms with Crippen molar-refractivity contribution in [2.75, 3.05) is 46.3 Å². The van der Waals surface area contributed by atoms with Gasteiger partial charge in [0.25, 0.3) is 0 Å². The Kier molecular flexibility index (Phi) is 4.90. The van der Waals surface area contributed by atoms with Gasteiger partial charge in [-0.3, -0.25) is 4.79 Å². The fourth-order valence-corrected chi connectivity index (χ4v) is 3.88. The molecule has 0 aromatic heterocycles. The number of nitrogens with zero attached hydrogens (tertiary/aromatic N) is 3. The van der Waals surface area contributed by atoms with Crippen LogP contribution >= 0.6 is 0 Å². The first kappa shape index (κ1) is 17.0. The maximum absolute atomic E-state index is 12.7. The molecule has 24 heavy (non-hydrogen) atoms. The normalized spacial score (nSPS) is 21.6. The number of amides is 2. The van der Waals surface area contributed by atoms with Gasteiger partial charge in [-0.05, 0) is 32.4 Å². The minimum atomic E-state index is -0.430. The van der Waals surface area contributed by atoms with Gasteiger partial charge in [-0.15, -0.1) is 0 Å². The van der Waals surface area contributed by atoms with Crippen LogP contribution in [0.3, 0.4) is 0 Å². The highest BCUT2D eigenvalue weighted by Gasteiger charge is 2.41. The van der Waals surface area contributed by atoms with Gasteiger partial charge >= 0.3 is 6.03 Å². The Morgan fingerprint density at radius 1 is 0.875 bits per heavy atom. The minimum Gasteiger partial charge on any atom is -0.325 e. The van der Waals surface area contributed by atoms with Crippen LogP contribution in [0, 0.1) is 0 Å². The summed E-state index contributed by atoms with van der Waals surface area (Å²) in [5.74, 6) is 0.209. The molecule has 2 saturated heterocycles. The van der Waals surface area contributed by atoms with E-state index < -0.39 is 5.41 Å². The molecule has 130 valence electrons. The molecule has 0 aliphatic carbocycles. The second-order valence-corrected chi connectivity index (χ2v) is 7.06. The van der Waals surface area contributed by atoms with Gasteiger partial charge in [0.1, 0.15) is 5.78 Å². The van der Waals surface area contributed by atoms with Crippen LogP contribution in [0.25, 0.3) is 0 Å². The Hall–Kier alpha value is -1.88. The van der Waals surface area contributed by atoms with Crippen LogP contribution in [0.5, 0.6) is 0 Å². The fourth-order valence-electron chi connectivity index (χ4n) is 3.88. The number of benzene rings is 1. The maximum atomic E-state index is 12.7. The number of hydrogen-bond donors (Lipinski definition) is 0. The van der Waals surface area contributed by atoms with E-state index in [4.69, 9.17) is 0 Å². The van der Waals surface area contributed by atoms with Gasteiger partial charge in [-0.25, -0.2) is 4.79 Å². The van der Waals surface area contributed by atoms with Crippen LogP contribution in [-0.4, -0.2) is 72.8 Å². The molecule has 5 nitrogen and oxygen atoms in total. The van der Waals surface area contributed by atoms with Crippen molar-refractivity contribution in [3.63, 3.8) is 0 Å². The van der Waals surface area contributed by atoms with Crippen molar-refractivity contribution in [3.8, 4) is 0 Å². The first-order valence-corrected chi connectivity index (χ1v) is 8.82. The van der Waals surface area contributed by atoms with E-state index in [1.54, 1.807) is 6.92 Å². The molecule has 5 heteroatoms. The van der Waals surface area contributed by atoms with Crippen LogP contribution < -0.4 is 0 Å². The maximum Gasteiger partial charge on any atom is 0.320 e. The summed E-state index contributed by atoms with van der Waals surface area (Å²) in [7, 11) is 2.09. The molecule has 0 atom stereocenters. The summed E-state index contributed by atoms with van der Waals surface area (Å²) < 4.78 is 0. The summed E-state index contributed by atoms with van der Waals surface area (Å²) in [6.45, 7) is 6.44. The van der Waals surface area contributed by atoms with Crippen molar-refractivity contribution in [3.05, 3.63) is 35.9 Å². The SMILES string of the molecule is CC(=O)C1(c2ccccc2)CCN(C(=O)N2CCN(C)CC2)CC1. The predicted molar refractivity (Wildman–Crippen MR) is 94.1 cm³/mol. The Morgan fingerprint density at radius 3 is 1.96 bits per heavy atom. The zero-order valence-electron chi connectivity index (χ0n) is 14.7. The Labute approximate surface area is 144 Å². The van der Waals surface area contributed by atoms with Crippen LogP contribution in [0.4, 0.5) is 4.79 Å². The first-order chi connectivity index (χ1) is 11.5. The lowest BCUT2D eigenvalue weighted by Crippen LogP contribution is -2.55. The highest BCUT2D eigenvalue weighted by Crippen LogP contribution is 2.36. The lowest BCUT2D eigenvalue weighted by Gasteiger charge is -2.43. The third-order valence-corrected chi connectivity index (χ3v) is 5.66. The van der Waals surface area contributed by atoms with Gasteiger partial charge in [-0.2, -0.15) is 0 Å². The summed E-state index contributed by atoms with van der Waals surface area (Å²) in [5, 5.41) is 0. The van der Waals surface area contributed by atoms with Crippen molar-refractivity contribution >= 4 is 11.8 Å². The van der Waals surface area contributed by atoms with Gasteiger partial charge in [0.05, 0.1) is 5.41 Å². The monoisotopic (exact) mass is 329 g/mol. The molecule has 0 saturated carbocycles. The number of ketones is 1. The molecule has 1 aromatic carbocycles.